The molecule has 7 heteroatoms. The zero-order valence-corrected chi connectivity index (χ0v) is 14.3. The maximum atomic E-state index is 11.7. The molecule has 126 valence electrons. The molecule has 1 amide bonds. The Bertz CT molecular complexity index is 813. The summed E-state index contributed by atoms with van der Waals surface area (Å²) in [5.41, 5.74) is 2.78. The minimum absolute atomic E-state index is 0.165. The van der Waals surface area contributed by atoms with Gasteiger partial charge in [-0.25, -0.2) is 4.68 Å². The summed E-state index contributed by atoms with van der Waals surface area (Å²) in [4.78, 5) is 16.2. The van der Waals surface area contributed by atoms with E-state index in [2.05, 4.69) is 34.3 Å². The van der Waals surface area contributed by atoms with Crippen LogP contribution in [-0.2, 0) is 31.0 Å². The SMILES string of the molecule is O=C1CCCN1Cc1nn(CN2CCc3ccccc3C2)c(=S)o1. The molecule has 1 fully saturated rings. The van der Waals surface area contributed by atoms with Gasteiger partial charge in [-0.1, -0.05) is 24.3 Å². The summed E-state index contributed by atoms with van der Waals surface area (Å²) in [6.45, 7) is 3.68. The Hall–Kier alpha value is -1.99. The molecular weight excluding hydrogens is 324 g/mol. The fourth-order valence-corrected chi connectivity index (χ4v) is 3.60. The number of fused-ring (bicyclic) bond motifs is 1. The first-order valence-electron chi connectivity index (χ1n) is 8.33. The summed E-state index contributed by atoms with van der Waals surface area (Å²) in [5.74, 6) is 0.686. The van der Waals surface area contributed by atoms with Crippen LogP contribution < -0.4 is 0 Å². The van der Waals surface area contributed by atoms with Crippen molar-refractivity contribution in [3.8, 4) is 0 Å². The van der Waals surface area contributed by atoms with E-state index in [9.17, 15) is 4.79 Å². The van der Waals surface area contributed by atoms with E-state index in [0.29, 0.717) is 30.4 Å². The van der Waals surface area contributed by atoms with Crippen molar-refractivity contribution in [1.29, 1.82) is 0 Å². The van der Waals surface area contributed by atoms with Crippen LogP contribution in [0.15, 0.2) is 28.7 Å². The van der Waals surface area contributed by atoms with Crippen LogP contribution in [0.1, 0.15) is 29.9 Å². The summed E-state index contributed by atoms with van der Waals surface area (Å²) in [5, 5.41) is 4.47. The molecule has 1 aromatic heterocycles. The lowest BCUT2D eigenvalue weighted by Crippen LogP contribution is -2.32. The number of hydrogen-bond donors (Lipinski definition) is 0. The molecule has 3 heterocycles. The van der Waals surface area contributed by atoms with Gasteiger partial charge in [0.05, 0.1) is 13.2 Å². The summed E-state index contributed by atoms with van der Waals surface area (Å²) in [7, 11) is 0. The second kappa shape index (κ2) is 6.49. The summed E-state index contributed by atoms with van der Waals surface area (Å²) < 4.78 is 7.30. The zero-order chi connectivity index (χ0) is 16.5. The lowest BCUT2D eigenvalue weighted by Gasteiger charge is -2.28. The van der Waals surface area contributed by atoms with Crippen molar-refractivity contribution in [2.45, 2.75) is 39.0 Å². The second-order valence-electron chi connectivity index (χ2n) is 6.39. The molecule has 24 heavy (non-hydrogen) atoms. The van der Waals surface area contributed by atoms with Crippen LogP contribution in [-0.4, -0.2) is 38.6 Å². The van der Waals surface area contributed by atoms with E-state index in [1.54, 1.807) is 9.58 Å². The van der Waals surface area contributed by atoms with Gasteiger partial charge in [-0.3, -0.25) is 9.69 Å². The lowest BCUT2D eigenvalue weighted by atomic mass is 10.0. The van der Waals surface area contributed by atoms with Gasteiger partial charge in [-0.05, 0) is 36.2 Å². The van der Waals surface area contributed by atoms with Crippen LogP contribution in [0.5, 0.6) is 0 Å². The first-order valence-corrected chi connectivity index (χ1v) is 8.73. The number of likely N-dealkylation sites (tertiary alicyclic amines) is 1. The van der Waals surface area contributed by atoms with Gasteiger partial charge in [0.25, 0.3) is 4.84 Å². The molecule has 0 unspecified atom stereocenters. The fourth-order valence-electron chi connectivity index (χ4n) is 3.40. The molecule has 1 aromatic carbocycles. The Labute approximate surface area is 145 Å². The predicted octanol–water partition coefficient (Wildman–Crippen LogP) is 2.34. The Morgan fingerprint density at radius 2 is 2.00 bits per heavy atom. The zero-order valence-electron chi connectivity index (χ0n) is 13.5. The van der Waals surface area contributed by atoms with Crippen molar-refractivity contribution in [3.05, 3.63) is 46.1 Å². The number of carbonyl (C=O) groups is 1. The van der Waals surface area contributed by atoms with E-state index >= 15 is 0 Å². The number of rotatable bonds is 4. The molecule has 0 bridgehead atoms. The van der Waals surface area contributed by atoms with E-state index in [-0.39, 0.29) is 5.91 Å². The van der Waals surface area contributed by atoms with Crippen molar-refractivity contribution in [3.63, 3.8) is 0 Å². The molecule has 2 aliphatic rings. The molecule has 6 nitrogen and oxygen atoms in total. The molecule has 0 spiro atoms. The highest BCUT2D eigenvalue weighted by atomic mass is 32.1. The number of amides is 1. The highest BCUT2D eigenvalue weighted by Gasteiger charge is 2.23. The Morgan fingerprint density at radius 3 is 2.79 bits per heavy atom. The first-order chi connectivity index (χ1) is 11.7. The molecule has 2 aliphatic heterocycles. The summed E-state index contributed by atoms with van der Waals surface area (Å²) in [6.07, 6.45) is 2.57. The van der Waals surface area contributed by atoms with Crippen LogP contribution in [0.3, 0.4) is 0 Å². The standard InChI is InChI=1S/C17H20N4O2S/c22-16-6-3-8-20(16)11-15-18-21(17(24)23-15)12-19-9-7-13-4-1-2-5-14(13)10-19/h1-2,4-5H,3,6-12H2. The minimum Gasteiger partial charge on any atom is -0.412 e. The predicted molar refractivity (Wildman–Crippen MR) is 90.5 cm³/mol. The quantitative estimate of drug-likeness (QED) is 0.797. The van der Waals surface area contributed by atoms with Crippen molar-refractivity contribution in [2.24, 2.45) is 0 Å². The van der Waals surface area contributed by atoms with Gasteiger partial charge in [-0.2, -0.15) is 0 Å². The minimum atomic E-state index is 0.165. The Kier molecular flexibility index (Phi) is 4.20. The molecule has 2 aromatic rings. The van der Waals surface area contributed by atoms with Crippen molar-refractivity contribution in [2.75, 3.05) is 13.1 Å². The van der Waals surface area contributed by atoms with Crippen LogP contribution in [0.4, 0.5) is 0 Å². The van der Waals surface area contributed by atoms with Gasteiger partial charge in [-0.15, -0.1) is 5.10 Å². The lowest BCUT2D eigenvalue weighted by molar-refractivity contribution is -0.128. The van der Waals surface area contributed by atoms with Crippen molar-refractivity contribution < 1.29 is 9.21 Å². The maximum Gasteiger partial charge on any atom is 0.288 e. The molecular formula is C17H20N4O2S. The second-order valence-corrected chi connectivity index (χ2v) is 6.74. The Morgan fingerprint density at radius 1 is 1.17 bits per heavy atom. The van der Waals surface area contributed by atoms with Gasteiger partial charge >= 0.3 is 0 Å². The smallest absolute Gasteiger partial charge is 0.288 e. The molecule has 0 N–H and O–H groups in total. The van der Waals surface area contributed by atoms with E-state index in [1.165, 1.54) is 11.1 Å². The van der Waals surface area contributed by atoms with Crippen molar-refractivity contribution in [1.82, 2.24) is 19.6 Å². The Balaban J connectivity index is 1.44. The third-order valence-electron chi connectivity index (χ3n) is 4.69. The van der Waals surface area contributed by atoms with Crippen molar-refractivity contribution >= 4 is 18.1 Å². The van der Waals surface area contributed by atoms with Crippen LogP contribution in [0.25, 0.3) is 0 Å². The van der Waals surface area contributed by atoms with Crippen LogP contribution >= 0.6 is 12.2 Å². The number of hydrogen-bond acceptors (Lipinski definition) is 5. The topological polar surface area (TPSA) is 54.5 Å². The summed E-state index contributed by atoms with van der Waals surface area (Å²) >= 11 is 5.29. The first kappa shape index (κ1) is 15.5. The maximum absolute atomic E-state index is 11.7. The normalized spacial score (nSPS) is 18.2. The van der Waals surface area contributed by atoms with Gasteiger partial charge in [0.2, 0.25) is 11.8 Å². The largest absolute Gasteiger partial charge is 0.412 e. The number of nitrogens with zero attached hydrogens (tertiary/aromatic N) is 4. The van der Waals surface area contributed by atoms with Gasteiger partial charge < -0.3 is 9.32 Å². The van der Waals surface area contributed by atoms with Gasteiger partial charge in [0.15, 0.2) is 0 Å². The van der Waals surface area contributed by atoms with Gasteiger partial charge in [0, 0.05) is 26.1 Å². The molecule has 0 aliphatic carbocycles. The molecule has 0 atom stereocenters. The average Bonchev–Trinajstić information content (AvgIpc) is 3.14. The van der Waals surface area contributed by atoms with Crippen LogP contribution in [0, 0.1) is 4.84 Å². The highest BCUT2D eigenvalue weighted by molar-refractivity contribution is 7.71. The highest BCUT2D eigenvalue weighted by Crippen LogP contribution is 2.19. The molecule has 1 saturated heterocycles. The molecule has 0 radical (unpaired) electrons. The fraction of sp³-hybridized carbons (Fsp3) is 0.471. The number of aromatic nitrogens is 2. The van der Waals surface area contributed by atoms with E-state index < -0.39 is 0 Å². The van der Waals surface area contributed by atoms with E-state index in [4.69, 9.17) is 16.6 Å². The van der Waals surface area contributed by atoms with E-state index in [1.807, 2.05) is 0 Å². The number of carbonyl (C=O) groups excluding carboxylic acids is 1. The third kappa shape index (κ3) is 3.14. The number of benzene rings is 1. The van der Waals surface area contributed by atoms with Crippen LogP contribution in [0.2, 0.25) is 0 Å². The molecule has 0 saturated carbocycles. The van der Waals surface area contributed by atoms with E-state index in [0.717, 1.165) is 32.5 Å². The molecule has 4 rings (SSSR count). The summed E-state index contributed by atoms with van der Waals surface area (Å²) in [6, 6.07) is 8.54. The average molecular weight is 344 g/mol. The monoisotopic (exact) mass is 344 g/mol. The van der Waals surface area contributed by atoms with Gasteiger partial charge in [0.1, 0.15) is 0 Å². The third-order valence-corrected chi connectivity index (χ3v) is 4.98.